The molecule has 11 unspecified atom stereocenters. The van der Waals surface area contributed by atoms with Gasteiger partial charge < -0.3 is 50.4 Å². The van der Waals surface area contributed by atoms with Crippen molar-refractivity contribution >= 4 is 46.3 Å². The van der Waals surface area contributed by atoms with Gasteiger partial charge in [-0.3, -0.25) is 46.1 Å². The molecular formula is C29H39N10O19P3. The number of hydrogen-bond donors (Lipinski definition) is 8. The lowest BCUT2D eigenvalue weighted by molar-refractivity contribution is -0.0611. The summed E-state index contributed by atoms with van der Waals surface area (Å²) in [5, 5.41) is 10.7. The van der Waals surface area contributed by atoms with Crippen LogP contribution in [-0.2, 0) is 50.5 Å². The van der Waals surface area contributed by atoms with E-state index in [1.165, 1.54) is 36.4 Å². The lowest BCUT2D eigenvalue weighted by atomic mass is 10.2. The highest BCUT2D eigenvalue weighted by Gasteiger charge is 2.47. The maximum Gasteiger partial charge on any atom is 0.472 e. The van der Waals surface area contributed by atoms with Gasteiger partial charge >= 0.3 is 34.8 Å². The third kappa shape index (κ3) is 10.6. The Balaban J connectivity index is 1.04. The Bertz CT molecular complexity index is 2580. The van der Waals surface area contributed by atoms with E-state index in [9.17, 15) is 52.8 Å². The van der Waals surface area contributed by atoms with Crippen molar-refractivity contribution in [1.29, 1.82) is 0 Å². The molecule has 0 aliphatic carbocycles. The molecule has 61 heavy (non-hydrogen) atoms. The zero-order valence-electron chi connectivity index (χ0n) is 31.4. The molecule has 11 atom stereocenters. The summed E-state index contributed by atoms with van der Waals surface area (Å²) < 4.78 is 84.6. The molecular weight excluding hydrogens is 885 g/mol. The summed E-state index contributed by atoms with van der Waals surface area (Å²) in [4.78, 5) is 95.2. The molecule has 7 heterocycles. The number of aliphatic hydroxyl groups excluding tert-OH is 1. The largest absolute Gasteiger partial charge is 0.472 e. The predicted molar refractivity (Wildman–Crippen MR) is 200 cm³/mol. The van der Waals surface area contributed by atoms with Crippen molar-refractivity contribution < 1.29 is 75.2 Å². The van der Waals surface area contributed by atoms with E-state index in [1.54, 1.807) is 0 Å². The van der Waals surface area contributed by atoms with Gasteiger partial charge in [0.05, 0.1) is 32.3 Å². The van der Waals surface area contributed by atoms with E-state index in [4.69, 9.17) is 43.8 Å². The molecule has 4 aromatic heterocycles. The van der Waals surface area contributed by atoms with E-state index in [2.05, 4.69) is 29.4 Å². The van der Waals surface area contributed by atoms with Crippen molar-refractivity contribution in [2.75, 3.05) is 31.3 Å². The molecule has 0 amide bonds. The highest BCUT2D eigenvalue weighted by molar-refractivity contribution is 7.47. The second-order valence-electron chi connectivity index (χ2n) is 13.9. The second-order valence-corrected chi connectivity index (χ2v) is 17.9. The summed E-state index contributed by atoms with van der Waals surface area (Å²) in [6.45, 7) is -1.08. The van der Waals surface area contributed by atoms with Gasteiger partial charge in [-0.1, -0.05) is 0 Å². The smallest absolute Gasteiger partial charge is 0.390 e. The number of nitrogen functional groups attached to an aromatic ring is 2. The average molecular weight is 925 g/mol. The molecule has 3 aliphatic rings. The summed E-state index contributed by atoms with van der Waals surface area (Å²) in [5.74, 6) is -0.0100. The fourth-order valence-corrected chi connectivity index (χ4v) is 9.00. The number of aromatic nitrogens is 8. The first kappa shape index (κ1) is 44.9. The van der Waals surface area contributed by atoms with Gasteiger partial charge in [0.15, 0.2) is 11.5 Å². The van der Waals surface area contributed by atoms with E-state index in [-0.39, 0.29) is 35.6 Å². The molecule has 3 fully saturated rings. The number of nitrogens with two attached hydrogens (primary N) is 2. The van der Waals surface area contributed by atoms with E-state index in [0.29, 0.717) is 5.65 Å². The number of aryl methyl sites for hydroxylation is 1. The third-order valence-electron chi connectivity index (χ3n) is 9.63. The highest BCUT2D eigenvalue weighted by atomic mass is 31.2. The molecule has 3 aliphatic heterocycles. The van der Waals surface area contributed by atoms with Crippen LogP contribution in [0.2, 0.25) is 0 Å². The molecule has 32 heteroatoms. The molecule has 7 rings (SSSR count). The van der Waals surface area contributed by atoms with Crippen LogP contribution in [-0.4, -0.2) is 120 Å². The van der Waals surface area contributed by atoms with E-state index in [1.807, 2.05) is 0 Å². The quantitative estimate of drug-likeness (QED) is 0.0589. The summed E-state index contributed by atoms with van der Waals surface area (Å²) >= 11 is 0. The molecule has 334 valence electrons. The molecule has 0 saturated carbocycles. The number of fused-ring (bicyclic) bond motifs is 1. The number of aliphatic hydroxyl groups is 1. The Morgan fingerprint density at radius 3 is 2.00 bits per heavy atom. The van der Waals surface area contributed by atoms with Crippen molar-refractivity contribution in [3.63, 3.8) is 0 Å². The van der Waals surface area contributed by atoms with Gasteiger partial charge in [0, 0.05) is 37.2 Å². The Morgan fingerprint density at radius 1 is 0.803 bits per heavy atom. The molecule has 0 radical (unpaired) electrons. The van der Waals surface area contributed by atoms with Crippen molar-refractivity contribution in [3.05, 3.63) is 68.0 Å². The standard InChI is InChI=1S/C29H39N10O19P3/c1-13-7-38(29(43)36-27(13)41)23-6-16(58-60(47,48)52-8-17-14(40)4-21(54-17)39-12-34-24-25(31)32-11-33-26(24)39)19(56-23)10-53-61(49,50)57-15-5-22(37-3-2-20(30)35-28(37)42)55-18(15)9-51-59(44,45)46/h2-3,7,11-12,14-19,21-23,40H,4-6,8-10H2,1H3,(H,47,48)(H,49,50)(H2,30,35,42)(H2,31,32,33)(H,36,41,43)(H2,44,45,46). The molecule has 3 saturated heterocycles. The van der Waals surface area contributed by atoms with Gasteiger partial charge in [-0.2, -0.15) is 4.98 Å². The lowest BCUT2D eigenvalue weighted by Crippen LogP contribution is -2.33. The fraction of sp³-hybridized carbons (Fsp3) is 0.552. The number of anilines is 2. The van der Waals surface area contributed by atoms with Gasteiger partial charge in [0.1, 0.15) is 66.9 Å². The molecule has 29 nitrogen and oxygen atoms in total. The number of nitrogens with one attached hydrogen (secondary N) is 1. The molecule has 10 N–H and O–H groups in total. The van der Waals surface area contributed by atoms with Gasteiger partial charge in [0.2, 0.25) is 0 Å². The topological polar surface area (TPSA) is 412 Å². The van der Waals surface area contributed by atoms with Gasteiger partial charge in [-0.05, 0) is 13.0 Å². The summed E-state index contributed by atoms with van der Waals surface area (Å²) in [6.07, 6.45) is -7.62. The summed E-state index contributed by atoms with van der Waals surface area (Å²) in [5.41, 5.74) is 9.56. The maximum absolute atomic E-state index is 13.4. The van der Waals surface area contributed by atoms with Gasteiger partial charge in [-0.25, -0.2) is 38.2 Å². The first-order valence-electron chi connectivity index (χ1n) is 17.9. The molecule has 0 bridgehead atoms. The number of phosphoric ester groups is 3. The van der Waals surface area contributed by atoms with E-state index < -0.39 is 122 Å². The van der Waals surface area contributed by atoms with Crippen LogP contribution < -0.4 is 28.4 Å². The zero-order chi connectivity index (χ0) is 44.0. The Labute approximate surface area is 340 Å². The number of nitrogens with zero attached hydrogens (tertiary/aromatic N) is 7. The number of phosphoric acid groups is 3. The number of aromatic amines is 1. The number of ether oxygens (including phenoxy) is 3. The minimum Gasteiger partial charge on any atom is -0.390 e. The average Bonchev–Trinajstić information content (AvgIpc) is 3.96. The van der Waals surface area contributed by atoms with Gasteiger partial charge in [-0.15, -0.1) is 0 Å². The summed E-state index contributed by atoms with van der Waals surface area (Å²) in [7, 11) is -15.4. The van der Waals surface area contributed by atoms with Crippen molar-refractivity contribution in [1.82, 2.24) is 38.6 Å². The monoisotopic (exact) mass is 924 g/mol. The minimum absolute atomic E-state index is 0.00362. The van der Waals surface area contributed by atoms with Gasteiger partial charge in [0.25, 0.3) is 5.56 Å². The third-order valence-corrected chi connectivity index (χ3v) is 12.1. The van der Waals surface area contributed by atoms with Crippen LogP contribution in [0, 0.1) is 6.92 Å². The Kier molecular flexibility index (Phi) is 12.9. The first-order chi connectivity index (χ1) is 28.6. The number of imidazole rings is 1. The maximum atomic E-state index is 13.4. The minimum atomic E-state index is -5.24. The van der Waals surface area contributed by atoms with Crippen LogP contribution in [0.5, 0.6) is 0 Å². The normalized spacial score (nSPS) is 28.9. The van der Waals surface area contributed by atoms with Crippen LogP contribution in [0.4, 0.5) is 11.6 Å². The molecule has 0 spiro atoms. The zero-order valence-corrected chi connectivity index (χ0v) is 34.1. The van der Waals surface area contributed by atoms with Crippen molar-refractivity contribution in [2.45, 2.75) is 81.5 Å². The summed E-state index contributed by atoms with van der Waals surface area (Å²) in [6, 6.07) is 1.26. The molecule has 0 aromatic carbocycles. The Hall–Kier alpha value is -4.12. The number of H-pyrrole nitrogens is 1. The fourth-order valence-electron chi connectivity index (χ4n) is 6.73. The van der Waals surface area contributed by atoms with Crippen LogP contribution in [0.1, 0.15) is 43.5 Å². The van der Waals surface area contributed by atoms with Crippen LogP contribution >= 0.6 is 23.5 Å². The number of rotatable bonds is 16. The van der Waals surface area contributed by atoms with Crippen LogP contribution in [0.15, 0.2) is 45.5 Å². The second kappa shape index (κ2) is 17.6. The van der Waals surface area contributed by atoms with E-state index in [0.717, 1.165) is 15.3 Å². The molecule has 4 aromatic rings. The predicted octanol–water partition coefficient (Wildman–Crippen LogP) is -1.56. The highest BCUT2D eigenvalue weighted by Crippen LogP contribution is 2.52. The van der Waals surface area contributed by atoms with Crippen LogP contribution in [0.25, 0.3) is 11.2 Å². The lowest BCUT2D eigenvalue weighted by Gasteiger charge is -2.24. The van der Waals surface area contributed by atoms with Crippen LogP contribution in [0.3, 0.4) is 0 Å². The Morgan fingerprint density at radius 2 is 1.38 bits per heavy atom. The van der Waals surface area contributed by atoms with Crippen molar-refractivity contribution in [2.24, 2.45) is 0 Å². The van der Waals surface area contributed by atoms with Crippen molar-refractivity contribution in [3.8, 4) is 0 Å². The SMILES string of the molecule is Cc1cn(C2CC(OP(=O)(O)OCC3OC(n4cnc5c(N)ncnc54)CC3O)C(COP(=O)(O)OC3CC(n4ccc(N)nc4=O)OC3COP(=O)(O)O)O2)c(=O)[nH]c1=O. The first-order valence-corrected chi connectivity index (χ1v) is 22.4. The number of hydrogen-bond acceptors (Lipinski definition) is 21. The van der Waals surface area contributed by atoms with E-state index >= 15 is 0 Å².